The van der Waals surface area contributed by atoms with Gasteiger partial charge in [-0.25, -0.2) is 0 Å². The summed E-state index contributed by atoms with van der Waals surface area (Å²) in [4.78, 5) is 12.2. The van der Waals surface area contributed by atoms with Crippen molar-refractivity contribution in [2.45, 2.75) is 20.3 Å². The molecule has 17 heavy (non-hydrogen) atoms. The lowest BCUT2D eigenvalue weighted by molar-refractivity contribution is -0.123. The Morgan fingerprint density at radius 3 is 2.88 bits per heavy atom. The van der Waals surface area contributed by atoms with Gasteiger partial charge < -0.3 is 10.6 Å². The topological polar surface area (TPSA) is 41.1 Å². The van der Waals surface area contributed by atoms with Gasteiger partial charge in [-0.05, 0) is 44.5 Å². The third kappa shape index (κ3) is 2.69. The van der Waals surface area contributed by atoms with Crippen LogP contribution in [0.2, 0.25) is 0 Å². The first-order valence-electron chi connectivity index (χ1n) is 5.80. The number of anilines is 1. The maximum absolute atomic E-state index is 12.2. The van der Waals surface area contributed by atoms with Gasteiger partial charge in [-0.15, -0.1) is 0 Å². The number of carbonyl (C=O) groups excluding carboxylic acids is 1. The van der Waals surface area contributed by atoms with Crippen LogP contribution in [0.1, 0.15) is 18.9 Å². The maximum atomic E-state index is 12.2. The lowest BCUT2D eigenvalue weighted by atomic mass is 9.89. The molecule has 1 amide bonds. The molecule has 1 saturated heterocycles. The summed E-state index contributed by atoms with van der Waals surface area (Å²) in [5, 5.41) is 6.21. The molecule has 0 saturated carbocycles. The predicted molar refractivity (Wildman–Crippen MR) is 73.1 cm³/mol. The Hall–Kier alpha value is -0.870. The first-order valence-corrected chi connectivity index (χ1v) is 6.59. The summed E-state index contributed by atoms with van der Waals surface area (Å²) < 4.78 is 1.02. The summed E-state index contributed by atoms with van der Waals surface area (Å²) in [5.74, 6) is 0.0956. The number of amides is 1. The van der Waals surface area contributed by atoms with Crippen LogP contribution < -0.4 is 10.6 Å². The molecule has 0 radical (unpaired) electrons. The zero-order chi connectivity index (χ0) is 12.5. The van der Waals surface area contributed by atoms with E-state index in [9.17, 15) is 4.79 Å². The van der Waals surface area contributed by atoms with Gasteiger partial charge in [0, 0.05) is 16.7 Å². The van der Waals surface area contributed by atoms with Crippen molar-refractivity contribution in [1.82, 2.24) is 5.32 Å². The number of halogens is 1. The van der Waals surface area contributed by atoms with E-state index in [0.717, 1.165) is 35.2 Å². The average molecular weight is 297 g/mol. The van der Waals surface area contributed by atoms with Crippen LogP contribution in [0.3, 0.4) is 0 Å². The molecular formula is C13H17BrN2O. The lowest BCUT2D eigenvalue weighted by Crippen LogP contribution is -2.35. The molecule has 1 unspecified atom stereocenters. The number of nitrogens with one attached hydrogen (secondary N) is 2. The normalized spacial score (nSPS) is 23.7. The van der Waals surface area contributed by atoms with Gasteiger partial charge in [-0.2, -0.15) is 0 Å². The molecule has 1 fully saturated rings. The van der Waals surface area contributed by atoms with Crippen LogP contribution in [-0.2, 0) is 4.79 Å². The zero-order valence-electron chi connectivity index (χ0n) is 10.1. The van der Waals surface area contributed by atoms with E-state index in [0.29, 0.717) is 0 Å². The molecule has 3 nitrogen and oxygen atoms in total. The molecule has 0 aromatic heterocycles. The maximum Gasteiger partial charge on any atom is 0.231 e. The van der Waals surface area contributed by atoms with E-state index in [2.05, 4.69) is 26.6 Å². The predicted octanol–water partition coefficient (Wildman–Crippen LogP) is 2.70. The van der Waals surface area contributed by atoms with E-state index in [-0.39, 0.29) is 11.3 Å². The summed E-state index contributed by atoms with van der Waals surface area (Å²) in [7, 11) is 0. The third-order valence-electron chi connectivity index (χ3n) is 3.35. The highest BCUT2D eigenvalue weighted by Crippen LogP contribution is 2.27. The number of hydrogen-bond acceptors (Lipinski definition) is 2. The third-order valence-corrected chi connectivity index (χ3v) is 4.20. The first-order chi connectivity index (χ1) is 8.01. The number of rotatable bonds is 2. The molecule has 2 N–H and O–H groups in total. The van der Waals surface area contributed by atoms with E-state index < -0.39 is 0 Å². The molecule has 0 bridgehead atoms. The van der Waals surface area contributed by atoms with Crippen molar-refractivity contribution >= 4 is 27.5 Å². The molecule has 1 aliphatic heterocycles. The van der Waals surface area contributed by atoms with Gasteiger partial charge in [-0.1, -0.05) is 22.0 Å². The van der Waals surface area contributed by atoms with Crippen LogP contribution in [0.15, 0.2) is 22.7 Å². The first kappa shape index (κ1) is 12.6. The van der Waals surface area contributed by atoms with Crippen molar-refractivity contribution in [1.29, 1.82) is 0 Å². The Balaban J connectivity index is 2.10. The number of hydrogen-bond donors (Lipinski definition) is 2. The second-order valence-electron chi connectivity index (χ2n) is 4.91. The highest BCUT2D eigenvalue weighted by Gasteiger charge is 2.36. The Bertz CT molecular complexity index is 439. The van der Waals surface area contributed by atoms with E-state index in [1.165, 1.54) is 0 Å². The largest absolute Gasteiger partial charge is 0.326 e. The van der Waals surface area contributed by atoms with Crippen LogP contribution in [-0.4, -0.2) is 19.0 Å². The Morgan fingerprint density at radius 1 is 1.53 bits per heavy atom. The SMILES string of the molecule is Cc1ccc(NC(=O)C2(C)CCNC2)cc1Br. The smallest absolute Gasteiger partial charge is 0.231 e. The summed E-state index contributed by atoms with van der Waals surface area (Å²) in [6.07, 6.45) is 0.895. The molecule has 2 rings (SSSR count). The van der Waals surface area contributed by atoms with Crippen molar-refractivity contribution in [2.24, 2.45) is 5.41 Å². The fraction of sp³-hybridized carbons (Fsp3) is 0.462. The van der Waals surface area contributed by atoms with Gasteiger partial charge in [-0.3, -0.25) is 4.79 Å². The molecule has 1 aromatic rings. The molecule has 0 spiro atoms. The average Bonchev–Trinajstić information content (AvgIpc) is 2.72. The highest BCUT2D eigenvalue weighted by molar-refractivity contribution is 9.10. The fourth-order valence-electron chi connectivity index (χ4n) is 1.96. The summed E-state index contributed by atoms with van der Waals surface area (Å²) in [6, 6.07) is 5.87. The summed E-state index contributed by atoms with van der Waals surface area (Å²) in [6.45, 7) is 5.71. The fourth-order valence-corrected chi connectivity index (χ4v) is 2.34. The second kappa shape index (κ2) is 4.78. The van der Waals surface area contributed by atoms with Gasteiger partial charge in [0.25, 0.3) is 0 Å². The highest BCUT2D eigenvalue weighted by atomic mass is 79.9. The molecule has 1 aromatic carbocycles. The lowest BCUT2D eigenvalue weighted by Gasteiger charge is -2.21. The minimum Gasteiger partial charge on any atom is -0.326 e. The van der Waals surface area contributed by atoms with Gasteiger partial charge in [0.2, 0.25) is 5.91 Å². The van der Waals surface area contributed by atoms with Gasteiger partial charge in [0.05, 0.1) is 5.41 Å². The standard InChI is InChI=1S/C13H17BrN2O/c1-9-3-4-10(7-11(9)14)16-12(17)13(2)5-6-15-8-13/h3-4,7,15H,5-6,8H2,1-2H3,(H,16,17). The number of benzene rings is 1. The second-order valence-corrected chi connectivity index (χ2v) is 5.76. The molecule has 1 aliphatic rings. The van der Waals surface area contributed by atoms with Crippen molar-refractivity contribution in [3.63, 3.8) is 0 Å². The monoisotopic (exact) mass is 296 g/mol. The minimum atomic E-state index is -0.280. The van der Waals surface area contributed by atoms with Crippen molar-refractivity contribution < 1.29 is 4.79 Å². The molecule has 0 aliphatic carbocycles. The number of carbonyl (C=O) groups is 1. The molecule has 4 heteroatoms. The van der Waals surface area contributed by atoms with Crippen LogP contribution in [0, 0.1) is 12.3 Å². The Morgan fingerprint density at radius 2 is 2.29 bits per heavy atom. The Labute approximate surface area is 110 Å². The van der Waals surface area contributed by atoms with Crippen LogP contribution >= 0.6 is 15.9 Å². The Kier molecular flexibility index (Phi) is 3.54. The van der Waals surface area contributed by atoms with Crippen molar-refractivity contribution in [3.05, 3.63) is 28.2 Å². The molecular weight excluding hydrogens is 280 g/mol. The van der Waals surface area contributed by atoms with Crippen molar-refractivity contribution in [3.8, 4) is 0 Å². The van der Waals surface area contributed by atoms with Crippen LogP contribution in [0.4, 0.5) is 5.69 Å². The summed E-state index contributed by atoms with van der Waals surface area (Å²) >= 11 is 3.47. The van der Waals surface area contributed by atoms with E-state index in [1.807, 2.05) is 32.0 Å². The molecule has 1 heterocycles. The zero-order valence-corrected chi connectivity index (χ0v) is 11.7. The van der Waals surface area contributed by atoms with Crippen LogP contribution in [0.5, 0.6) is 0 Å². The van der Waals surface area contributed by atoms with Crippen molar-refractivity contribution in [2.75, 3.05) is 18.4 Å². The van der Waals surface area contributed by atoms with Gasteiger partial charge in [0.15, 0.2) is 0 Å². The van der Waals surface area contributed by atoms with E-state index in [4.69, 9.17) is 0 Å². The number of aryl methyl sites for hydroxylation is 1. The molecule has 92 valence electrons. The van der Waals surface area contributed by atoms with Gasteiger partial charge in [0.1, 0.15) is 0 Å². The summed E-state index contributed by atoms with van der Waals surface area (Å²) in [5.41, 5.74) is 1.73. The quantitative estimate of drug-likeness (QED) is 0.881. The van der Waals surface area contributed by atoms with E-state index in [1.54, 1.807) is 0 Å². The minimum absolute atomic E-state index is 0.0956. The van der Waals surface area contributed by atoms with Gasteiger partial charge >= 0.3 is 0 Å². The van der Waals surface area contributed by atoms with Crippen LogP contribution in [0.25, 0.3) is 0 Å². The molecule has 1 atom stereocenters. The van der Waals surface area contributed by atoms with E-state index >= 15 is 0 Å².